The molecule has 0 unspecified atom stereocenters. The van der Waals surface area contributed by atoms with Gasteiger partial charge in [0.2, 0.25) is 6.79 Å². The van der Waals surface area contributed by atoms with E-state index in [1.54, 1.807) is 42.5 Å². The number of nitrogens with zero attached hydrogens (tertiary/aromatic N) is 4. The fourth-order valence-corrected chi connectivity index (χ4v) is 2.69. The highest BCUT2D eigenvalue weighted by Crippen LogP contribution is 2.36. The van der Waals surface area contributed by atoms with Gasteiger partial charge in [0.25, 0.3) is 0 Å². The molecule has 1 radical (unpaired) electrons. The molecule has 0 bridgehead atoms. The summed E-state index contributed by atoms with van der Waals surface area (Å²) in [7, 11) is 0. The zero-order valence-corrected chi connectivity index (χ0v) is 15.3. The standard InChI is InChI=1S/C21H13N4O5/c26-16-3-1-2-4-17(16)30-21-22-8-7-15(25-21)13-10-23-20(24-11-13)29-14-5-6-18-19(9-14)28-12-27-18/h1-10,26H,12H2. The second-order valence-corrected chi connectivity index (χ2v) is 6.09. The van der Waals surface area contributed by atoms with Crippen molar-refractivity contribution < 1.29 is 24.1 Å². The van der Waals surface area contributed by atoms with Gasteiger partial charge in [0.05, 0.1) is 5.69 Å². The van der Waals surface area contributed by atoms with Crippen molar-refractivity contribution in [3.63, 3.8) is 0 Å². The van der Waals surface area contributed by atoms with E-state index in [0.29, 0.717) is 28.5 Å². The van der Waals surface area contributed by atoms with Crippen LogP contribution in [0.15, 0.2) is 60.9 Å². The Balaban J connectivity index is 1.32. The van der Waals surface area contributed by atoms with Crippen molar-refractivity contribution in [3.05, 3.63) is 67.1 Å². The van der Waals surface area contributed by atoms with E-state index < -0.39 is 0 Å². The second-order valence-electron chi connectivity index (χ2n) is 6.09. The zero-order chi connectivity index (χ0) is 20.3. The van der Waals surface area contributed by atoms with E-state index in [4.69, 9.17) is 18.9 Å². The molecule has 3 heterocycles. The fourth-order valence-electron chi connectivity index (χ4n) is 2.69. The van der Waals surface area contributed by atoms with Crippen molar-refractivity contribution in [2.45, 2.75) is 0 Å². The molecule has 0 saturated carbocycles. The molecule has 1 aliphatic rings. The monoisotopic (exact) mass is 401 g/mol. The van der Waals surface area contributed by atoms with E-state index in [1.165, 1.54) is 18.5 Å². The van der Waals surface area contributed by atoms with Crippen molar-refractivity contribution in [2.24, 2.45) is 0 Å². The van der Waals surface area contributed by atoms with Crippen LogP contribution in [0.3, 0.4) is 0 Å². The number of ether oxygens (including phenoxy) is 4. The SMILES string of the molecule is Oc1ccccc1Oc1nccc(-c2[c]nc(Oc3ccc4c(c3)OCO4)nc2)n1. The lowest BCUT2D eigenvalue weighted by Crippen LogP contribution is -1.96. The van der Waals surface area contributed by atoms with Crippen LogP contribution in [-0.2, 0) is 0 Å². The third kappa shape index (κ3) is 3.63. The van der Waals surface area contributed by atoms with E-state index in [2.05, 4.69) is 26.1 Å². The van der Waals surface area contributed by atoms with Crippen molar-refractivity contribution in [1.29, 1.82) is 0 Å². The summed E-state index contributed by atoms with van der Waals surface area (Å²) in [5.74, 6) is 2.02. The minimum absolute atomic E-state index is 0.00795. The van der Waals surface area contributed by atoms with E-state index >= 15 is 0 Å². The lowest BCUT2D eigenvalue weighted by atomic mass is 10.2. The predicted octanol–water partition coefficient (Wildman–Crippen LogP) is 3.75. The largest absolute Gasteiger partial charge is 0.504 e. The molecule has 0 aliphatic carbocycles. The Morgan fingerprint density at radius 2 is 1.83 bits per heavy atom. The van der Waals surface area contributed by atoms with Crippen LogP contribution in [0.4, 0.5) is 0 Å². The van der Waals surface area contributed by atoms with Crippen molar-refractivity contribution in [3.8, 4) is 52.0 Å². The van der Waals surface area contributed by atoms with Gasteiger partial charge in [-0.25, -0.2) is 9.97 Å². The predicted molar refractivity (Wildman–Crippen MR) is 103 cm³/mol. The van der Waals surface area contributed by atoms with Crippen LogP contribution in [0.25, 0.3) is 11.3 Å². The quantitative estimate of drug-likeness (QED) is 0.535. The van der Waals surface area contributed by atoms with Crippen LogP contribution in [0.5, 0.6) is 40.8 Å². The van der Waals surface area contributed by atoms with Gasteiger partial charge in [0.1, 0.15) is 11.9 Å². The van der Waals surface area contributed by atoms with Crippen molar-refractivity contribution >= 4 is 0 Å². The molecule has 1 aliphatic heterocycles. The molecule has 147 valence electrons. The Morgan fingerprint density at radius 3 is 2.70 bits per heavy atom. The number of aromatic hydroxyl groups is 1. The maximum atomic E-state index is 9.83. The number of phenols is 1. The maximum Gasteiger partial charge on any atom is 0.322 e. The van der Waals surface area contributed by atoms with Gasteiger partial charge in [-0.05, 0) is 30.3 Å². The maximum absolute atomic E-state index is 9.83. The average Bonchev–Trinajstić information content (AvgIpc) is 3.24. The first-order chi connectivity index (χ1) is 14.7. The fraction of sp³-hybridized carbons (Fsp3) is 0.0476. The number of phenolic OH excluding ortho intramolecular Hbond substituents is 1. The Bertz CT molecular complexity index is 1200. The molecular formula is C21H13N4O5. The summed E-state index contributed by atoms with van der Waals surface area (Å²) in [5, 5.41) is 9.83. The van der Waals surface area contributed by atoms with Gasteiger partial charge in [0, 0.05) is 24.0 Å². The van der Waals surface area contributed by atoms with E-state index in [0.717, 1.165) is 0 Å². The average molecular weight is 401 g/mol. The highest BCUT2D eigenvalue weighted by molar-refractivity contribution is 5.56. The Hall–Kier alpha value is -4.40. The molecule has 30 heavy (non-hydrogen) atoms. The summed E-state index contributed by atoms with van der Waals surface area (Å²) in [4.78, 5) is 16.7. The number of para-hydroxylation sites is 2. The molecule has 9 heteroatoms. The molecule has 0 fully saturated rings. The third-order valence-electron chi connectivity index (χ3n) is 4.11. The molecule has 9 nitrogen and oxygen atoms in total. The van der Waals surface area contributed by atoms with E-state index in [1.807, 2.05) is 0 Å². The Morgan fingerprint density at radius 1 is 0.933 bits per heavy atom. The minimum Gasteiger partial charge on any atom is -0.504 e. The Kier molecular flexibility index (Phi) is 4.45. The molecule has 4 aromatic rings. The number of rotatable bonds is 5. The van der Waals surface area contributed by atoms with Gasteiger partial charge in [-0.1, -0.05) is 12.1 Å². The van der Waals surface area contributed by atoms with Crippen LogP contribution in [0.1, 0.15) is 0 Å². The van der Waals surface area contributed by atoms with Crippen LogP contribution < -0.4 is 18.9 Å². The third-order valence-corrected chi connectivity index (χ3v) is 4.11. The molecule has 2 aromatic carbocycles. The lowest BCUT2D eigenvalue weighted by molar-refractivity contribution is 0.174. The van der Waals surface area contributed by atoms with Crippen LogP contribution in [0.2, 0.25) is 0 Å². The molecule has 0 atom stereocenters. The molecule has 0 spiro atoms. The van der Waals surface area contributed by atoms with Gasteiger partial charge >= 0.3 is 12.0 Å². The highest BCUT2D eigenvalue weighted by atomic mass is 16.7. The van der Waals surface area contributed by atoms with Crippen LogP contribution in [0, 0.1) is 6.20 Å². The van der Waals surface area contributed by atoms with Gasteiger partial charge in [-0.3, -0.25) is 0 Å². The normalized spacial score (nSPS) is 11.9. The highest BCUT2D eigenvalue weighted by Gasteiger charge is 2.15. The number of fused-ring (bicyclic) bond motifs is 1. The van der Waals surface area contributed by atoms with Crippen LogP contribution in [-0.4, -0.2) is 31.8 Å². The van der Waals surface area contributed by atoms with Crippen LogP contribution >= 0.6 is 0 Å². The molecular weight excluding hydrogens is 388 g/mol. The lowest BCUT2D eigenvalue weighted by Gasteiger charge is -2.07. The molecule has 0 saturated heterocycles. The molecule has 2 aromatic heterocycles. The van der Waals surface area contributed by atoms with Crippen molar-refractivity contribution in [1.82, 2.24) is 19.9 Å². The molecule has 0 amide bonds. The number of hydrogen-bond acceptors (Lipinski definition) is 9. The zero-order valence-electron chi connectivity index (χ0n) is 15.3. The van der Waals surface area contributed by atoms with Gasteiger partial charge < -0.3 is 24.1 Å². The van der Waals surface area contributed by atoms with Crippen molar-refractivity contribution in [2.75, 3.05) is 6.79 Å². The summed E-state index contributed by atoms with van der Waals surface area (Å²) in [6.45, 7) is 0.187. The molecule has 1 N–H and O–H groups in total. The molecule has 5 rings (SSSR count). The Labute approximate surface area is 170 Å². The summed E-state index contributed by atoms with van der Waals surface area (Å²) in [6, 6.07) is 13.6. The smallest absolute Gasteiger partial charge is 0.322 e. The summed E-state index contributed by atoms with van der Waals surface area (Å²) in [6.07, 6.45) is 5.90. The van der Waals surface area contributed by atoms with E-state index in [-0.39, 0.29) is 30.3 Å². The van der Waals surface area contributed by atoms with E-state index in [9.17, 15) is 5.11 Å². The number of hydrogen-bond donors (Lipinski definition) is 1. The number of benzene rings is 2. The number of aromatic nitrogens is 4. The first-order valence-corrected chi connectivity index (χ1v) is 8.86. The topological polar surface area (TPSA) is 109 Å². The summed E-state index contributed by atoms with van der Waals surface area (Å²) < 4.78 is 21.8. The second kappa shape index (κ2) is 7.55. The van der Waals surface area contributed by atoms with Gasteiger partial charge in [0.15, 0.2) is 23.0 Å². The van der Waals surface area contributed by atoms with Gasteiger partial charge in [-0.15, -0.1) is 0 Å². The summed E-state index contributed by atoms with van der Waals surface area (Å²) in [5.41, 5.74) is 1.03. The first kappa shape index (κ1) is 17.7. The first-order valence-electron chi connectivity index (χ1n) is 8.86. The summed E-state index contributed by atoms with van der Waals surface area (Å²) >= 11 is 0. The minimum atomic E-state index is -0.00795. The van der Waals surface area contributed by atoms with Gasteiger partial charge in [-0.2, -0.15) is 9.97 Å².